The lowest BCUT2D eigenvalue weighted by molar-refractivity contribution is -0.128. The van der Waals surface area contributed by atoms with Gasteiger partial charge in [0, 0.05) is 61.2 Å². The Morgan fingerprint density at radius 1 is 1.12 bits per heavy atom. The molecule has 6 rings (SSSR count). The molecule has 0 radical (unpaired) electrons. The second kappa shape index (κ2) is 11.0. The van der Waals surface area contributed by atoms with E-state index in [-0.39, 0.29) is 17.5 Å². The van der Waals surface area contributed by atoms with Gasteiger partial charge in [0.15, 0.2) is 0 Å². The van der Waals surface area contributed by atoms with Crippen molar-refractivity contribution < 1.29 is 4.79 Å². The van der Waals surface area contributed by atoms with Crippen molar-refractivity contribution in [2.24, 2.45) is 0 Å². The SMILES string of the molecule is CN(C)C(=O)CCNc1ccc(-c2cnc([C@@H]3CCc4cc(-c5cc(Cl)ccc5-n5cnnn5)cc(=O)n43)[nH]2)cn1. The number of pyridine rings is 2. The molecule has 2 N–H and O–H groups in total. The lowest BCUT2D eigenvalue weighted by atomic mass is 10.0. The Labute approximate surface area is 240 Å². The number of benzene rings is 1. The summed E-state index contributed by atoms with van der Waals surface area (Å²) in [7, 11) is 3.48. The molecule has 13 heteroatoms. The van der Waals surface area contributed by atoms with E-state index >= 15 is 0 Å². The van der Waals surface area contributed by atoms with Crippen LogP contribution in [0.3, 0.4) is 0 Å². The summed E-state index contributed by atoms with van der Waals surface area (Å²) in [4.78, 5) is 39.2. The molecular formula is C28H27ClN10O2. The standard InChI is InChI=1S/C28H27ClN10O2/c1-37(2)26(40)9-10-30-25-8-3-17(14-31-25)22-15-32-28(34-22)24-7-5-20-11-18(12-27(41)39(20)24)21-13-19(29)4-6-23(21)38-16-33-35-36-38/h3-4,6,8,11-16,24H,5,7,9-10H2,1-2H3,(H,30,31)(H,32,34)/t24-/m0/s1. The van der Waals surface area contributed by atoms with Gasteiger partial charge in [-0.25, -0.2) is 9.97 Å². The minimum absolute atomic E-state index is 0.0569. The van der Waals surface area contributed by atoms with E-state index in [9.17, 15) is 9.59 Å². The number of nitrogens with one attached hydrogen (secondary N) is 2. The van der Waals surface area contributed by atoms with Crippen LogP contribution < -0.4 is 10.9 Å². The van der Waals surface area contributed by atoms with Crippen LogP contribution in [0.15, 0.2) is 66.0 Å². The summed E-state index contributed by atoms with van der Waals surface area (Å²) in [5.41, 5.74) is 4.73. The van der Waals surface area contributed by atoms with E-state index in [1.54, 1.807) is 52.8 Å². The average Bonchev–Trinajstić information content (AvgIpc) is 3.74. The first-order chi connectivity index (χ1) is 19.9. The van der Waals surface area contributed by atoms with Crippen LogP contribution >= 0.6 is 11.6 Å². The number of amides is 1. The number of nitrogens with zero attached hydrogens (tertiary/aromatic N) is 8. The van der Waals surface area contributed by atoms with Crippen LogP contribution in [0, 0.1) is 0 Å². The van der Waals surface area contributed by atoms with Crippen LogP contribution in [0.5, 0.6) is 0 Å². The highest BCUT2D eigenvalue weighted by atomic mass is 35.5. The fourth-order valence-corrected chi connectivity index (χ4v) is 5.22. The van der Waals surface area contributed by atoms with Crippen LogP contribution in [0.25, 0.3) is 28.1 Å². The van der Waals surface area contributed by atoms with Crippen molar-refractivity contribution in [1.82, 2.24) is 44.6 Å². The number of aromatic amines is 1. The molecule has 4 aromatic heterocycles. The van der Waals surface area contributed by atoms with Crippen LogP contribution in [0.4, 0.5) is 5.82 Å². The molecule has 0 unspecified atom stereocenters. The smallest absolute Gasteiger partial charge is 0.252 e. The molecule has 0 saturated carbocycles. The van der Waals surface area contributed by atoms with E-state index < -0.39 is 0 Å². The normalized spacial score (nSPS) is 14.2. The molecule has 5 aromatic rings. The van der Waals surface area contributed by atoms with Gasteiger partial charge in [-0.05, 0) is 65.2 Å². The van der Waals surface area contributed by atoms with Crippen molar-refractivity contribution in [1.29, 1.82) is 0 Å². The predicted octanol–water partition coefficient (Wildman–Crippen LogP) is 3.36. The zero-order chi connectivity index (χ0) is 28.5. The van der Waals surface area contributed by atoms with E-state index in [0.29, 0.717) is 23.8 Å². The number of hydrogen-bond acceptors (Lipinski definition) is 8. The molecule has 0 spiro atoms. The second-order valence-electron chi connectivity index (χ2n) is 9.99. The Morgan fingerprint density at radius 2 is 2.00 bits per heavy atom. The molecule has 5 heterocycles. The molecule has 41 heavy (non-hydrogen) atoms. The first-order valence-electron chi connectivity index (χ1n) is 13.1. The van der Waals surface area contributed by atoms with Gasteiger partial charge in [-0.3, -0.25) is 9.59 Å². The van der Waals surface area contributed by atoms with Crippen molar-refractivity contribution in [3.8, 4) is 28.1 Å². The Bertz CT molecular complexity index is 1760. The van der Waals surface area contributed by atoms with E-state index in [0.717, 1.165) is 52.4 Å². The van der Waals surface area contributed by atoms with Crippen molar-refractivity contribution in [2.75, 3.05) is 26.0 Å². The quantitative estimate of drug-likeness (QED) is 0.289. The maximum absolute atomic E-state index is 13.5. The topological polar surface area (TPSA) is 140 Å². The van der Waals surface area contributed by atoms with Gasteiger partial charge in [0.2, 0.25) is 5.91 Å². The first-order valence-corrected chi connectivity index (χ1v) is 13.5. The lowest BCUT2D eigenvalue weighted by Crippen LogP contribution is -2.24. The van der Waals surface area contributed by atoms with Gasteiger partial charge in [-0.15, -0.1) is 5.10 Å². The van der Waals surface area contributed by atoms with Crippen LogP contribution in [0.2, 0.25) is 5.02 Å². The Balaban J connectivity index is 1.22. The Kier molecular flexibility index (Phi) is 7.06. The average molecular weight is 571 g/mol. The number of aryl methyl sites for hydroxylation is 1. The second-order valence-corrected chi connectivity index (χ2v) is 10.4. The highest BCUT2D eigenvalue weighted by Crippen LogP contribution is 2.34. The molecule has 1 amide bonds. The highest BCUT2D eigenvalue weighted by molar-refractivity contribution is 6.31. The third-order valence-corrected chi connectivity index (χ3v) is 7.36. The zero-order valence-electron chi connectivity index (χ0n) is 22.5. The number of hydrogen-bond donors (Lipinski definition) is 2. The molecule has 0 fully saturated rings. The van der Waals surface area contributed by atoms with Gasteiger partial charge in [0.05, 0.1) is 23.6 Å². The van der Waals surface area contributed by atoms with Gasteiger partial charge < -0.3 is 19.8 Å². The summed E-state index contributed by atoms with van der Waals surface area (Å²) in [6.45, 7) is 0.505. The maximum Gasteiger partial charge on any atom is 0.252 e. The summed E-state index contributed by atoms with van der Waals surface area (Å²) in [6, 6.07) is 12.6. The molecule has 1 atom stereocenters. The van der Waals surface area contributed by atoms with E-state index in [2.05, 4.69) is 35.8 Å². The first kappa shape index (κ1) is 26.4. The van der Waals surface area contributed by atoms with Crippen molar-refractivity contribution in [3.05, 3.63) is 88.1 Å². The molecule has 1 aliphatic rings. The molecule has 0 bridgehead atoms. The number of carbonyl (C=O) groups excluding carboxylic acids is 1. The van der Waals surface area contributed by atoms with E-state index in [4.69, 9.17) is 11.6 Å². The molecule has 208 valence electrons. The van der Waals surface area contributed by atoms with Crippen molar-refractivity contribution in [2.45, 2.75) is 25.3 Å². The fraction of sp³-hybridized carbons (Fsp3) is 0.250. The number of rotatable bonds is 8. The minimum atomic E-state index is -0.207. The zero-order valence-corrected chi connectivity index (χ0v) is 23.2. The van der Waals surface area contributed by atoms with E-state index in [1.165, 1.54) is 6.33 Å². The third-order valence-electron chi connectivity index (χ3n) is 7.13. The predicted molar refractivity (Wildman–Crippen MR) is 154 cm³/mol. The third kappa shape index (κ3) is 5.33. The number of aromatic nitrogens is 8. The lowest BCUT2D eigenvalue weighted by Gasteiger charge is -2.15. The molecule has 1 aliphatic heterocycles. The van der Waals surface area contributed by atoms with Crippen LogP contribution in [0.1, 0.15) is 30.4 Å². The fourth-order valence-electron chi connectivity index (χ4n) is 5.05. The molecule has 0 saturated heterocycles. The summed E-state index contributed by atoms with van der Waals surface area (Å²) in [6.07, 6.45) is 6.88. The number of tetrazole rings is 1. The molecule has 1 aromatic carbocycles. The van der Waals surface area contributed by atoms with Crippen molar-refractivity contribution >= 4 is 23.3 Å². The van der Waals surface area contributed by atoms with Crippen molar-refractivity contribution in [3.63, 3.8) is 0 Å². The number of halogens is 1. The summed E-state index contributed by atoms with van der Waals surface area (Å²) < 4.78 is 3.35. The summed E-state index contributed by atoms with van der Waals surface area (Å²) >= 11 is 6.32. The van der Waals surface area contributed by atoms with Gasteiger partial charge in [-0.2, -0.15) is 4.68 Å². The highest BCUT2D eigenvalue weighted by Gasteiger charge is 2.28. The Morgan fingerprint density at radius 3 is 2.76 bits per heavy atom. The monoisotopic (exact) mass is 570 g/mol. The largest absolute Gasteiger partial charge is 0.370 e. The van der Waals surface area contributed by atoms with E-state index in [1.807, 2.05) is 30.3 Å². The summed E-state index contributed by atoms with van der Waals surface area (Å²) in [5, 5.41) is 15.2. The molecule has 12 nitrogen and oxygen atoms in total. The van der Waals surface area contributed by atoms with Crippen LogP contribution in [-0.2, 0) is 11.2 Å². The number of fused-ring (bicyclic) bond motifs is 1. The minimum Gasteiger partial charge on any atom is -0.370 e. The van der Waals surface area contributed by atoms with Gasteiger partial charge in [0.1, 0.15) is 18.0 Å². The Hall–Kier alpha value is -4.84. The van der Waals surface area contributed by atoms with Gasteiger partial charge in [-0.1, -0.05) is 11.6 Å². The number of imidazole rings is 1. The molecule has 0 aliphatic carbocycles. The number of carbonyl (C=O) groups is 1. The number of anilines is 1. The van der Waals surface area contributed by atoms with Gasteiger partial charge in [0.25, 0.3) is 5.56 Å². The number of H-pyrrole nitrogens is 1. The van der Waals surface area contributed by atoms with Crippen LogP contribution in [-0.4, -0.2) is 71.2 Å². The molecular weight excluding hydrogens is 544 g/mol. The van der Waals surface area contributed by atoms with Gasteiger partial charge >= 0.3 is 0 Å². The maximum atomic E-state index is 13.5. The summed E-state index contributed by atoms with van der Waals surface area (Å²) in [5.74, 6) is 1.46.